The van der Waals surface area contributed by atoms with E-state index in [2.05, 4.69) is 10.3 Å². The number of carbonyl (C=O) groups excluding carboxylic acids is 2. The summed E-state index contributed by atoms with van der Waals surface area (Å²) in [5.74, 6) is -0.494. The topological polar surface area (TPSA) is 71.2 Å². The average Bonchev–Trinajstić information content (AvgIpc) is 2.96. The number of methoxy groups -OCH3 is 1. The second kappa shape index (κ2) is 7.04. The molecule has 1 heterocycles. The van der Waals surface area contributed by atoms with Crippen molar-refractivity contribution in [3.8, 4) is 5.75 Å². The van der Waals surface area contributed by atoms with Crippen molar-refractivity contribution >= 4 is 22.6 Å². The Morgan fingerprint density at radius 3 is 2.58 bits per heavy atom. The minimum absolute atomic E-state index is 0.355. The number of hydrogen-bond donors (Lipinski definition) is 2. The number of para-hydroxylation sites is 1. The summed E-state index contributed by atoms with van der Waals surface area (Å²) < 4.78 is 5.37. The molecule has 0 saturated heterocycles. The third-order valence-electron chi connectivity index (χ3n) is 4.53. The number of hydrogen-bond acceptors (Lipinski definition) is 3. The molecule has 1 unspecified atom stereocenters. The number of nitrogens with one attached hydrogen (secondary N) is 2. The molecule has 1 amide bonds. The number of ether oxygens (including phenoxy) is 1. The van der Waals surface area contributed by atoms with Crippen LogP contribution in [0.5, 0.6) is 5.75 Å². The maximum Gasteiger partial charge on any atom is 0.292 e. The van der Waals surface area contributed by atoms with Crippen molar-refractivity contribution in [1.29, 1.82) is 0 Å². The van der Waals surface area contributed by atoms with E-state index in [9.17, 15) is 9.59 Å². The molecule has 2 aromatic carbocycles. The Morgan fingerprint density at radius 2 is 1.85 bits per heavy atom. The fourth-order valence-electron chi connectivity index (χ4n) is 3.21. The van der Waals surface area contributed by atoms with E-state index in [1.807, 2.05) is 56.3 Å². The maximum absolute atomic E-state index is 12.8. The first-order valence-corrected chi connectivity index (χ1v) is 8.49. The Morgan fingerprint density at radius 1 is 1.12 bits per heavy atom. The quantitative estimate of drug-likeness (QED) is 0.542. The standard InChI is InChI=1S/C21H22N2O3/c1-12-9-10-18(26-4)16(11-12)13(2)23-21(25)20(24)19-14(3)22-17-8-6-5-7-15(17)19/h5-11,13,22H,1-4H3,(H,23,25). The number of benzene rings is 2. The van der Waals surface area contributed by atoms with E-state index >= 15 is 0 Å². The van der Waals surface area contributed by atoms with Gasteiger partial charge in [0, 0.05) is 22.2 Å². The summed E-state index contributed by atoms with van der Waals surface area (Å²) >= 11 is 0. The summed E-state index contributed by atoms with van der Waals surface area (Å²) in [6.45, 7) is 5.61. The maximum atomic E-state index is 12.8. The molecule has 0 bridgehead atoms. The third-order valence-corrected chi connectivity index (χ3v) is 4.53. The highest BCUT2D eigenvalue weighted by Crippen LogP contribution is 2.27. The minimum atomic E-state index is -0.631. The summed E-state index contributed by atoms with van der Waals surface area (Å²) in [7, 11) is 1.59. The molecule has 134 valence electrons. The molecule has 5 nitrogen and oxygen atoms in total. The first-order valence-electron chi connectivity index (χ1n) is 8.49. The molecule has 0 fully saturated rings. The molecular formula is C21H22N2O3. The number of aromatic nitrogens is 1. The molecule has 0 saturated carbocycles. The SMILES string of the molecule is COc1ccc(C)cc1C(C)NC(=O)C(=O)c1c(C)[nH]c2ccccc12. The molecule has 1 aromatic heterocycles. The largest absolute Gasteiger partial charge is 0.496 e. The van der Waals surface area contributed by atoms with Crippen LogP contribution in [0.4, 0.5) is 0 Å². The second-order valence-corrected chi connectivity index (χ2v) is 6.44. The van der Waals surface area contributed by atoms with Gasteiger partial charge in [-0.3, -0.25) is 9.59 Å². The van der Waals surface area contributed by atoms with Gasteiger partial charge in [-0.25, -0.2) is 0 Å². The molecule has 1 atom stereocenters. The van der Waals surface area contributed by atoms with Gasteiger partial charge in [0.25, 0.3) is 11.7 Å². The van der Waals surface area contributed by atoms with Crippen molar-refractivity contribution in [1.82, 2.24) is 10.3 Å². The second-order valence-electron chi connectivity index (χ2n) is 6.44. The first-order chi connectivity index (χ1) is 12.4. The Bertz CT molecular complexity index is 988. The van der Waals surface area contributed by atoms with Gasteiger partial charge in [-0.2, -0.15) is 0 Å². The fraction of sp³-hybridized carbons (Fsp3) is 0.238. The lowest BCUT2D eigenvalue weighted by molar-refractivity contribution is -0.117. The molecule has 0 aliphatic rings. The van der Waals surface area contributed by atoms with E-state index in [1.165, 1.54) is 0 Å². The van der Waals surface area contributed by atoms with Crippen molar-refractivity contribution in [2.24, 2.45) is 0 Å². The van der Waals surface area contributed by atoms with Crippen LogP contribution in [0.2, 0.25) is 0 Å². The van der Waals surface area contributed by atoms with Gasteiger partial charge in [0.1, 0.15) is 5.75 Å². The number of aryl methyl sites for hydroxylation is 2. The minimum Gasteiger partial charge on any atom is -0.496 e. The fourth-order valence-corrected chi connectivity index (χ4v) is 3.21. The Hall–Kier alpha value is -3.08. The van der Waals surface area contributed by atoms with Crippen LogP contribution < -0.4 is 10.1 Å². The highest BCUT2D eigenvalue weighted by atomic mass is 16.5. The van der Waals surface area contributed by atoms with Gasteiger partial charge in [0.15, 0.2) is 0 Å². The van der Waals surface area contributed by atoms with Crippen LogP contribution in [0, 0.1) is 13.8 Å². The van der Waals surface area contributed by atoms with Gasteiger partial charge >= 0.3 is 0 Å². The normalized spacial score (nSPS) is 12.0. The van der Waals surface area contributed by atoms with Gasteiger partial charge < -0.3 is 15.0 Å². The number of carbonyl (C=O) groups is 2. The predicted molar refractivity (Wildman–Crippen MR) is 102 cm³/mol. The van der Waals surface area contributed by atoms with Crippen molar-refractivity contribution in [3.63, 3.8) is 0 Å². The lowest BCUT2D eigenvalue weighted by atomic mass is 10.0. The van der Waals surface area contributed by atoms with Crippen LogP contribution in [0.25, 0.3) is 10.9 Å². The van der Waals surface area contributed by atoms with Crippen molar-refractivity contribution in [3.05, 3.63) is 64.8 Å². The molecular weight excluding hydrogens is 328 g/mol. The third kappa shape index (κ3) is 3.20. The molecule has 3 aromatic rings. The van der Waals surface area contributed by atoms with E-state index in [0.29, 0.717) is 17.0 Å². The molecule has 0 aliphatic heterocycles. The number of fused-ring (bicyclic) bond motifs is 1. The summed E-state index contributed by atoms with van der Waals surface area (Å²) in [5.41, 5.74) is 3.84. The van der Waals surface area contributed by atoms with Crippen LogP contribution in [0.15, 0.2) is 42.5 Å². The summed E-state index contributed by atoms with van der Waals surface area (Å²) in [6.07, 6.45) is 0. The smallest absolute Gasteiger partial charge is 0.292 e. The van der Waals surface area contributed by atoms with E-state index in [4.69, 9.17) is 4.74 Å². The first kappa shape index (κ1) is 17.7. The highest BCUT2D eigenvalue weighted by Gasteiger charge is 2.24. The van der Waals surface area contributed by atoms with E-state index in [-0.39, 0.29) is 6.04 Å². The summed E-state index contributed by atoms with van der Waals surface area (Å²) in [4.78, 5) is 28.5. The number of amides is 1. The average molecular weight is 350 g/mol. The lowest BCUT2D eigenvalue weighted by Crippen LogP contribution is -2.33. The van der Waals surface area contributed by atoms with Crippen molar-refractivity contribution in [2.75, 3.05) is 7.11 Å². The van der Waals surface area contributed by atoms with E-state index in [0.717, 1.165) is 22.0 Å². The van der Waals surface area contributed by atoms with Gasteiger partial charge in [0.2, 0.25) is 0 Å². The zero-order chi connectivity index (χ0) is 18.8. The Labute approximate surface area is 152 Å². The number of Topliss-reactive ketones (excluding diaryl/α,β-unsaturated/α-hetero) is 1. The van der Waals surface area contributed by atoms with Crippen LogP contribution in [0.3, 0.4) is 0 Å². The van der Waals surface area contributed by atoms with Crippen LogP contribution in [-0.4, -0.2) is 23.8 Å². The van der Waals surface area contributed by atoms with Gasteiger partial charge in [-0.1, -0.05) is 35.9 Å². The van der Waals surface area contributed by atoms with Gasteiger partial charge in [-0.05, 0) is 32.9 Å². The molecule has 5 heteroatoms. The van der Waals surface area contributed by atoms with Crippen LogP contribution >= 0.6 is 0 Å². The summed E-state index contributed by atoms with van der Waals surface area (Å²) in [6, 6.07) is 12.9. The van der Waals surface area contributed by atoms with Crippen LogP contribution in [0.1, 0.15) is 40.1 Å². The molecule has 0 radical (unpaired) electrons. The predicted octanol–water partition coefficient (Wildman–Crippen LogP) is 3.85. The molecule has 26 heavy (non-hydrogen) atoms. The van der Waals surface area contributed by atoms with Gasteiger partial charge in [-0.15, -0.1) is 0 Å². The molecule has 3 rings (SSSR count). The van der Waals surface area contributed by atoms with Crippen LogP contribution in [-0.2, 0) is 4.79 Å². The number of H-pyrrole nitrogens is 1. The Balaban J connectivity index is 1.87. The Kier molecular flexibility index (Phi) is 4.80. The zero-order valence-electron chi connectivity index (χ0n) is 15.3. The van der Waals surface area contributed by atoms with Crippen molar-refractivity contribution in [2.45, 2.75) is 26.8 Å². The highest BCUT2D eigenvalue weighted by molar-refractivity contribution is 6.45. The number of rotatable bonds is 5. The monoisotopic (exact) mass is 350 g/mol. The molecule has 2 N–H and O–H groups in total. The number of ketones is 1. The number of aromatic amines is 1. The lowest BCUT2D eigenvalue weighted by Gasteiger charge is -2.17. The van der Waals surface area contributed by atoms with E-state index < -0.39 is 11.7 Å². The van der Waals surface area contributed by atoms with Crippen molar-refractivity contribution < 1.29 is 14.3 Å². The summed E-state index contributed by atoms with van der Waals surface area (Å²) in [5, 5.41) is 3.55. The van der Waals surface area contributed by atoms with Gasteiger partial charge in [0.05, 0.1) is 18.7 Å². The zero-order valence-corrected chi connectivity index (χ0v) is 15.3. The molecule has 0 aliphatic carbocycles. The van der Waals surface area contributed by atoms with E-state index in [1.54, 1.807) is 14.0 Å². The molecule has 0 spiro atoms.